The summed E-state index contributed by atoms with van der Waals surface area (Å²) in [6.07, 6.45) is 5.08. The number of hydrogen-bond acceptors (Lipinski definition) is 5. The number of carbonyl (C=O) groups excluding carboxylic acids is 1. The molecule has 0 bridgehead atoms. The van der Waals surface area contributed by atoms with Gasteiger partial charge in [-0.3, -0.25) is 4.79 Å². The first kappa shape index (κ1) is 17.5. The number of likely N-dealkylation sites (tertiary alicyclic amines) is 1. The minimum atomic E-state index is -0.0787. The maximum Gasteiger partial charge on any atom is 0.274 e. The number of benzene rings is 1. The summed E-state index contributed by atoms with van der Waals surface area (Å²) in [7, 11) is 3.80. The largest absolute Gasteiger partial charge is 0.361 e. The van der Waals surface area contributed by atoms with E-state index < -0.39 is 0 Å². The fourth-order valence-corrected chi connectivity index (χ4v) is 3.77. The number of carbonyl (C=O) groups is 1. The molecular formula is C20H24N6O. The molecule has 1 aliphatic heterocycles. The maximum absolute atomic E-state index is 13.1. The highest BCUT2D eigenvalue weighted by Gasteiger charge is 2.34. The monoisotopic (exact) mass is 364 g/mol. The van der Waals surface area contributed by atoms with Gasteiger partial charge < -0.3 is 14.4 Å². The van der Waals surface area contributed by atoms with Crippen molar-refractivity contribution >= 4 is 22.8 Å². The third-order valence-electron chi connectivity index (χ3n) is 5.13. The van der Waals surface area contributed by atoms with Crippen LogP contribution in [0.3, 0.4) is 0 Å². The van der Waals surface area contributed by atoms with Gasteiger partial charge >= 0.3 is 0 Å². The summed E-state index contributed by atoms with van der Waals surface area (Å²) in [5, 5.41) is 0. The van der Waals surface area contributed by atoms with Crippen LogP contribution in [0.1, 0.15) is 42.1 Å². The topological polar surface area (TPSA) is 67.2 Å². The number of anilines is 1. The van der Waals surface area contributed by atoms with Crippen LogP contribution in [-0.2, 0) is 6.54 Å². The van der Waals surface area contributed by atoms with Crippen LogP contribution in [0.5, 0.6) is 0 Å². The molecule has 0 spiro atoms. The van der Waals surface area contributed by atoms with E-state index in [1.807, 2.05) is 42.1 Å². The van der Waals surface area contributed by atoms with Crippen molar-refractivity contribution in [3.8, 4) is 0 Å². The van der Waals surface area contributed by atoms with Crippen LogP contribution in [0.15, 0.2) is 36.7 Å². The molecule has 0 saturated carbocycles. The van der Waals surface area contributed by atoms with E-state index in [2.05, 4.69) is 27.5 Å². The summed E-state index contributed by atoms with van der Waals surface area (Å²) in [4.78, 5) is 30.4. The number of nitrogens with zero attached hydrogens (tertiary/aromatic N) is 6. The number of aryl methyl sites for hydroxylation is 1. The molecule has 27 heavy (non-hydrogen) atoms. The summed E-state index contributed by atoms with van der Waals surface area (Å²) in [6.45, 7) is 3.66. The molecule has 7 nitrogen and oxygen atoms in total. The smallest absolute Gasteiger partial charge is 0.274 e. The van der Waals surface area contributed by atoms with Gasteiger partial charge in [0.2, 0.25) is 0 Å². The lowest BCUT2D eigenvalue weighted by molar-refractivity contribution is 0.0721. The summed E-state index contributed by atoms with van der Waals surface area (Å²) < 4.78 is 2.21. The number of aromatic nitrogens is 4. The fourth-order valence-electron chi connectivity index (χ4n) is 3.77. The molecule has 3 aromatic rings. The van der Waals surface area contributed by atoms with Crippen LogP contribution in [0.4, 0.5) is 5.82 Å². The van der Waals surface area contributed by atoms with E-state index in [4.69, 9.17) is 4.98 Å². The zero-order valence-electron chi connectivity index (χ0n) is 16.0. The Labute approximate surface area is 158 Å². The molecule has 0 aliphatic carbocycles. The molecule has 0 N–H and O–H groups in total. The van der Waals surface area contributed by atoms with Crippen molar-refractivity contribution < 1.29 is 4.79 Å². The van der Waals surface area contributed by atoms with Gasteiger partial charge in [0.1, 0.15) is 17.3 Å². The lowest BCUT2D eigenvalue weighted by atomic mass is 10.2. The van der Waals surface area contributed by atoms with Crippen LogP contribution >= 0.6 is 0 Å². The molecular weight excluding hydrogens is 340 g/mol. The number of fused-ring (bicyclic) bond motifs is 1. The van der Waals surface area contributed by atoms with Gasteiger partial charge in [-0.2, -0.15) is 0 Å². The average molecular weight is 364 g/mol. The zero-order valence-corrected chi connectivity index (χ0v) is 16.0. The Kier molecular flexibility index (Phi) is 4.51. The van der Waals surface area contributed by atoms with E-state index in [0.29, 0.717) is 12.2 Å². The number of para-hydroxylation sites is 2. The molecule has 1 fully saturated rings. The summed E-state index contributed by atoms with van der Waals surface area (Å²) in [5.74, 6) is 1.62. The predicted octanol–water partition coefficient (Wildman–Crippen LogP) is 2.89. The third-order valence-corrected chi connectivity index (χ3v) is 5.13. The molecule has 4 rings (SSSR count). The molecule has 1 amide bonds. The Balaban J connectivity index is 1.67. The first-order valence-electron chi connectivity index (χ1n) is 9.35. The van der Waals surface area contributed by atoms with Crippen molar-refractivity contribution in [2.24, 2.45) is 0 Å². The SMILES string of the molecule is CCn1c(C2CCCN2C(=O)c2cnc(N(C)C)cn2)nc2ccccc21. The highest BCUT2D eigenvalue weighted by atomic mass is 16.2. The zero-order chi connectivity index (χ0) is 19.0. The predicted molar refractivity (Wildman–Crippen MR) is 105 cm³/mol. The molecule has 2 aromatic heterocycles. The Morgan fingerprint density at radius 3 is 2.74 bits per heavy atom. The third kappa shape index (κ3) is 3.03. The Morgan fingerprint density at radius 1 is 1.22 bits per heavy atom. The Morgan fingerprint density at radius 2 is 2.04 bits per heavy atom. The maximum atomic E-state index is 13.1. The molecule has 1 unspecified atom stereocenters. The lowest BCUT2D eigenvalue weighted by Crippen LogP contribution is -2.32. The standard InChI is InChI=1S/C20H24N6O/c1-4-25-16-9-6-5-8-14(16)23-19(25)17-10-7-11-26(17)20(27)15-12-22-18(13-21-15)24(2)3/h5-6,8-9,12-13,17H,4,7,10-11H2,1-3H3. The van der Waals surface area contributed by atoms with E-state index in [0.717, 1.165) is 42.1 Å². The van der Waals surface area contributed by atoms with Crippen molar-refractivity contribution in [3.05, 3.63) is 48.2 Å². The van der Waals surface area contributed by atoms with Gasteiger partial charge in [0.25, 0.3) is 5.91 Å². The number of hydrogen-bond donors (Lipinski definition) is 0. The van der Waals surface area contributed by atoms with Crippen molar-refractivity contribution in [1.82, 2.24) is 24.4 Å². The quantitative estimate of drug-likeness (QED) is 0.712. The molecule has 1 saturated heterocycles. The van der Waals surface area contributed by atoms with Gasteiger partial charge in [-0.15, -0.1) is 0 Å². The van der Waals surface area contributed by atoms with Crippen molar-refractivity contribution in [2.45, 2.75) is 32.4 Å². The van der Waals surface area contributed by atoms with Gasteiger partial charge in [0.15, 0.2) is 0 Å². The van der Waals surface area contributed by atoms with Crippen LogP contribution in [0.25, 0.3) is 11.0 Å². The van der Waals surface area contributed by atoms with Crippen LogP contribution in [0.2, 0.25) is 0 Å². The van der Waals surface area contributed by atoms with Crippen molar-refractivity contribution in [1.29, 1.82) is 0 Å². The Hall–Kier alpha value is -2.96. The first-order valence-corrected chi connectivity index (χ1v) is 9.35. The van der Waals surface area contributed by atoms with Crippen LogP contribution < -0.4 is 4.90 Å². The number of rotatable bonds is 4. The highest BCUT2D eigenvalue weighted by Crippen LogP contribution is 2.34. The molecule has 140 valence electrons. The molecule has 7 heteroatoms. The summed E-state index contributed by atoms with van der Waals surface area (Å²) in [6, 6.07) is 8.11. The van der Waals surface area contributed by atoms with Crippen molar-refractivity contribution in [2.75, 3.05) is 25.5 Å². The summed E-state index contributed by atoms with van der Waals surface area (Å²) >= 11 is 0. The van der Waals surface area contributed by atoms with Gasteiger partial charge in [-0.05, 0) is 31.9 Å². The van der Waals surface area contributed by atoms with Crippen molar-refractivity contribution in [3.63, 3.8) is 0 Å². The molecule has 1 aromatic carbocycles. The second-order valence-electron chi connectivity index (χ2n) is 7.01. The van der Waals surface area contributed by atoms with Gasteiger partial charge in [0.05, 0.1) is 29.5 Å². The van der Waals surface area contributed by atoms with Gasteiger partial charge in [-0.1, -0.05) is 12.1 Å². The molecule has 0 radical (unpaired) electrons. The molecule has 3 heterocycles. The lowest BCUT2D eigenvalue weighted by Gasteiger charge is -2.24. The van der Waals surface area contributed by atoms with Gasteiger partial charge in [0, 0.05) is 27.2 Å². The average Bonchev–Trinajstić information content (AvgIpc) is 3.31. The first-order chi connectivity index (χ1) is 13.1. The van der Waals surface area contributed by atoms with E-state index in [1.54, 1.807) is 12.4 Å². The second kappa shape index (κ2) is 6.98. The van der Waals surface area contributed by atoms with Crippen LogP contribution in [0, 0.1) is 0 Å². The second-order valence-corrected chi connectivity index (χ2v) is 7.01. The number of imidazole rings is 1. The van der Waals surface area contributed by atoms with E-state index in [1.165, 1.54) is 0 Å². The fraction of sp³-hybridized carbons (Fsp3) is 0.400. The molecule has 1 aliphatic rings. The minimum Gasteiger partial charge on any atom is -0.361 e. The minimum absolute atomic E-state index is 0.0276. The van der Waals surface area contributed by atoms with E-state index in [-0.39, 0.29) is 11.9 Å². The highest BCUT2D eigenvalue weighted by molar-refractivity contribution is 5.92. The normalized spacial score (nSPS) is 16.9. The number of amides is 1. The van der Waals surface area contributed by atoms with Gasteiger partial charge in [-0.25, -0.2) is 15.0 Å². The van der Waals surface area contributed by atoms with E-state index >= 15 is 0 Å². The van der Waals surface area contributed by atoms with Crippen LogP contribution in [-0.4, -0.2) is 51.0 Å². The summed E-state index contributed by atoms with van der Waals surface area (Å²) in [5.41, 5.74) is 2.47. The van der Waals surface area contributed by atoms with E-state index in [9.17, 15) is 4.79 Å². The Bertz CT molecular complexity index is 962. The molecule has 1 atom stereocenters.